The van der Waals surface area contributed by atoms with Gasteiger partial charge in [0.05, 0.1) is 26.2 Å². The number of hydrogen-bond acceptors (Lipinski definition) is 5. The molecule has 1 saturated carbocycles. The maximum absolute atomic E-state index is 11.9. The van der Waals surface area contributed by atoms with E-state index in [1.807, 2.05) is 38.1 Å². The van der Waals surface area contributed by atoms with Crippen molar-refractivity contribution in [2.45, 2.75) is 46.0 Å². The largest absolute Gasteiger partial charge is 0.497 e. The number of ether oxygens (including phenoxy) is 3. The molecular formula is C23H32O5. The molecule has 0 amide bonds. The Balaban J connectivity index is 1.64. The molecular weight excluding hydrogens is 356 g/mol. The van der Waals surface area contributed by atoms with Crippen LogP contribution in [0.2, 0.25) is 0 Å². The molecule has 0 aromatic heterocycles. The lowest BCUT2D eigenvalue weighted by Crippen LogP contribution is -2.24. The van der Waals surface area contributed by atoms with Gasteiger partial charge in [0.1, 0.15) is 5.75 Å². The Labute approximate surface area is 168 Å². The molecule has 1 atom stereocenters. The van der Waals surface area contributed by atoms with E-state index in [4.69, 9.17) is 14.2 Å². The summed E-state index contributed by atoms with van der Waals surface area (Å²) in [5.74, 6) is 1.16. The zero-order valence-corrected chi connectivity index (χ0v) is 17.2. The second-order valence-electron chi connectivity index (χ2n) is 7.56. The number of hydrogen-bond donors (Lipinski definition) is 0. The number of rotatable bonds is 9. The standard InChI is InChI=1S/C23H32O5/c1-4-17(2)23(25)28-16-20-7-5-19(6-8-20)15-27-22(24)14-11-18-9-12-21(26-3)13-10-18/h9-14,17,19-20H,4-8,15-16H2,1-3H3/b14-11+. The molecule has 2 rings (SSSR count). The van der Waals surface area contributed by atoms with Crippen LogP contribution in [0.4, 0.5) is 0 Å². The van der Waals surface area contributed by atoms with Gasteiger partial charge in [-0.1, -0.05) is 26.0 Å². The zero-order chi connectivity index (χ0) is 20.4. The SMILES string of the molecule is CCC(C)C(=O)OCC1CCC(COC(=O)/C=C/c2ccc(OC)cc2)CC1. The number of carbonyl (C=O) groups excluding carboxylic acids is 2. The molecule has 5 heteroatoms. The van der Waals surface area contributed by atoms with Crippen LogP contribution >= 0.6 is 0 Å². The van der Waals surface area contributed by atoms with Gasteiger partial charge in [-0.3, -0.25) is 4.79 Å². The van der Waals surface area contributed by atoms with E-state index in [-0.39, 0.29) is 17.9 Å². The van der Waals surface area contributed by atoms with Crippen molar-refractivity contribution in [3.63, 3.8) is 0 Å². The summed E-state index contributed by atoms with van der Waals surface area (Å²) in [5, 5.41) is 0. The van der Waals surface area contributed by atoms with Crippen molar-refractivity contribution in [2.24, 2.45) is 17.8 Å². The summed E-state index contributed by atoms with van der Waals surface area (Å²) >= 11 is 0. The van der Waals surface area contributed by atoms with Crippen molar-refractivity contribution in [2.75, 3.05) is 20.3 Å². The van der Waals surface area contributed by atoms with Gasteiger partial charge in [0, 0.05) is 6.08 Å². The molecule has 1 aliphatic carbocycles. The normalized spacial score (nSPS) is 20.5. The summed E-state index contributed by atoms with van der Waals surface area (Å²) in [7, 11) is 1.62. The van der Waals surface area contributed by atoms with Crippen LogP contribution in [-0.4, -0.2) is 32.3 Å². The molecule has 28 heavy (non-hydrogen) atoms. The van der Waals surface area contributed by atoms with E-state index in [0.29, 0.717) is 25.0 Å². The van der Waals surface area contributed by atoms with E-state index in [9.17, 15) is 9.59 Å². The van der Waals surface area contributed by atoms with Crippen LogP contribution in [0.3, 0.4) is 0 Å². The lowest BCUT2D eigenvalue weighted by atomic mass is 9.83. The summed E-state index contributed by atoms with van der Waals surface area (Å²) in [6.07, 6.45) is 8.04. The van der Waals surface area contributed by atoms with Crippen molar-refractivity contribution in [3.05, 3.63) is 35.9 Å². The molecule has 0 heterocycles. The lowest BCUT2D eigenvalue weighted by Gasteiger charge is -2.28. The molecule has 1 unspecified atom stereocenters. The van der Waals surface area contributed by atoms with Gasteiger partial charge < -0.3 is 14.2 Å². The van der Waals surface area contributed by atoms with E-state index < -0.39 is 0 Å². The molecule has 0 saturated heterocycles. The maximum Gasteiger partial charge on any atom is 0.330 e. The minimum absolute atomic E-state index is 0.0262. The third kappa shape index (κ3) is 7.37. The Hall–Kier alpha value is -2.30. The highest BCUT2D eigenvalue weighted by Gasteiger charge is 2.23. The fraction of sp³-hybridized carbons (Fsp3) is 0.565. The van der Waals surface area contributed by atoms with E-state index in [0.717, 1.165) is 43.4 Å². The second-order valence-corrected chi connectivity index (χ2v) is 7.56. The van der Waals surface area contributed by atoms with Crippen LogP contribution in [-0.2, 0) is 19.1 Å². The minimum atomic E-state index is -0.319. The van der Waals surface area contributed by atoms with E-state index in [1.54, 1.807) is 13.2 Å². The summed E-state index contributed by atoms with van der Waals surface area (Å²) in [5.41, 5.74) is 0.921. The van der Waals surface area contributed by atoms with Crippen LogP contribution in [0.1, 0.15) is 51.5 Å². The molecule has 0 radical (unpaired) electrons. The van der Waals surface area contributed by atoms with E-state index in [1.165, 1.54) is 6.08 Å². The summed E-state index contributed by atoms with van der Waals surface area (Å²) in [4.78, 5) is 23.7. The molecule has 154 valence electrons. The molecule has 1 aliphatic rings. The molecule has 5 nitrogen and oxygen atoms in total. The fourth-order valence-electron chi connectivity index (χ4n) is 3.20. The third-order valence-corrected chi connectivity index (χ3v) is 5.43. The van der Waals surface area contributed by atoms with Gasteiger partial charge >= 0.3 is 11.9 Å². The molecule has 1 fully saturated rings. The Morgan fingerprint density at radius 1 is 1.04 bits per heavy atom. The summed E-state index contributed by atoms with van der Waals surface area (Å²) < 4.78 is 15.9. The molecule has 1 aromatic carbocycles. The first-order valence-electron chi connectivity index (χ1n) is 10.2. The van der Waals surface area contributed by atoms with Gasteiger partial charge in [-0.25, -0.2) is 4.79 Å². The van der Waals surface area contributed by atoms with Crippen molar-refractivity contribution < 1.29 is 23.8 Å². The summed E-state index contributed by atoms with van der Waals surface area (Å²) in [6, 6.07) is 7.48. The number of benzene rings is 1. The van der Waals surface area contributed by atoms with E-state index in [2.05, 4.69) is 0 Å². The van der Waals surface area contributed by atoms with Crippen LogP contribution in [0.15, 0.2) is 30.3 Å². The molecule has 0 aliphatic heterocycles. The monoisotopic (exact) mass is 388 g/mol. The highest BCUT2D eigenvalue weighted by molar-refractivity contribution is 5.87. The number of methoxy groups -OCH3 is 1. The third-order valence-electron chi connectivity index (χ3n) is 5.43. The first-order chi connectivity index (χ1) is 13.5. The first kappa shape index (κ1) is 22.0. The topological polar surface area (TPSA) is 61.8 Å². The van der Waals surface area contributed by atoms with Gasteiger partial charge in [0.15, 0.2) is 0 Å². The minimum Gasteiger partial charge on any atom is -0.497 e. The highest BCUT2D eigenvalue weighted by Crippen LogP contribution is 2.29. The number of carbonyl (C=O) groups is 2. The van der Waals surface area contributed by atoms with Gasteiger partial charge in [-0.05, 0) is 67.7 Å². The Bertz CT molecular complexity index is 641. The quantitative estimate of drug-likeness (QED) is 0.455. The first-order valence-corrected chi connectivity index (χ1v) is 10.2. The van der Waals surface area contributed by atoms with Gasteiger partial charge in [0.2, 0.25) is 0 Å². The Kier molecular flexibility index (Phi) is 9.05. The molecule has 1 aromatic rings. The van der Waals surface area contributed by atoms with Crippen molar-refractivity contribution in [3.8, 4) is 5.75 Å². The van der Waals surface area contributed by atoms with Gasteiger partial charge in [-0.15, -0.1) is 0 Å². The number of esters is 2. The van der Waals surface area contributed by atoms with Crippen molar-refractivity contribution >= 4 is 18.0 Å². The molecule has 0 spiro atoms. The molecule has 0 bridgehead atoms. The molecule has 0 N–H and O–H groups in total. The van der Waals surface area contributed by atoms with Crippen molar-refractivity contribution in [1.29, 1.82) is 0 Å². The summed E-state index contributed by atoms with van der Waals surface area (Å²) in [6.45, 7) is 4.85. The average molecular weight is 389 g/mol. The average Bonchev–Trinajstić information content (AvgIpc) is 2.74. The predicted molar refractivity (Wildman–Crippen MR) is 109 cm³/mol. The smallest absolute Gasteiger partial charge is 0.330 e. The fourth-order valence-corrected chi connectivity index (χ4v) is 3.20. The van der Waals surface area contributed by atoms with Crippen molar-refractivity contribution in [1.82, 2.24) is 0 Å². The van der Waals surface area contributed by atoms with Gasteiger partial charge in [-0.2, -0.15) is 0 Å². The van der Waals surface area contributed by atoms with Gasteiger partial charge in [0.25, 0.3) is 0 Å². The van der Waals surface area contributed by atoms with Crippen LogP contribution in [0.5, 0.6) is 5.75 Å². The van der Waals surface area contributed by atoms with Crippen LogP contribution < -0.4 is 4.74 Å². The Morgan fingerprint density at radius 3 is 2.14 bits per heavy atom. The maximum atomic E-state index is 11.9. The highest BCUT2D eigenvalue weighted by atomic mass is 16.5. The van der Waals surface area contributed by atoms with Crippen LogP contribution in [0.25, 0.3) is 6.08 Å². The zero-order valence-electron chi connectivity index (χ0n) is 17.2. The van der Waals surface area contributed by atoms with Crippen LogP contribution in [0, 0.1) is 17.8 Å². The predicted octanol–water partition coefficient (Wildman–Crippen LogP) is 4.65. The van der Waals surface area contributed by atoms with E-state index >= 15 is 0 Å². The lowest BCUT2D eigenvalue weighted by molar-refractivity contribution is -0.150. The Morgan fingerprint density at radius 2 is 1.61 bits per heavy atom. The second kappa shape index (κ2) is 11.5.